The zero-order chi connectivity index (χ0) is 20.9. The molecule has 1 N–H and O–H groups in total. The molecule has 8 heteroatoms. The van der Waals surface area contributed by atoms with E-state index in [4.69, 9.17) is 14.0 Å². The van der Waals surface area contributed by atoms with Crippen LogP contribution in [0.4, 0.5) is 5.82 Å². The Morgan fingerprint density at radius 1 is 1.37 bits per heavy atom. The van der Waals surface area contributed by atoms with Gasteiger partial charge in [0.2, 0.25) is 11.8 Å². The number of amides is 2. The summed E-state index contributed by atoms with van der Waals surface area (Å²) in [6, 6.07) is 9.46. The number of carbonyl (C=O) groups excluding carboxylic acids is 2. The van der Waals surface area contributed by atoms with Gasteiger partial charge >= 0.3 is 0 Å². The number of aryl methyl sites for hydroxylation is 1. The van der Waals surface area contributed by atoms with Crippen molar-refractivity contribution in [2.75, 3.05) is 25.1 Å². The molecule has 2 amide bonds. The summed E-state index contributed by atoms with van der Waals surface area (Å²) in [6.45, 7) is 2.60. The van der Waals surface area contributed by atoms with E-state index in [9.17, 15) is 9.59 Å². The van der Waals surface area contributed by atoms with Crippen LogP contribution >= 0.6 is 0 Å². The minimum atomic E-state index is -0.771. The molecule has 3 aliphatic rings. The molecule has 2 bridgehead atoms. The lowest BCUT2D eigenvalue weighted by atomic mass is 9.77. The first-order valence-electron chi connectivity index (χ1n) is 10.0. The summed E-state index contributed by atoms with van der Waals surface area (Å²) >= 11 is 0. The number of nitrogens with zero attached hydrogens (tertiary/aromatic N) is 2. The van der Waals surface area contributed by atoms with Crippen LogP contribution in [0.5, 0.6) is 5.75 Å². The van der Waals surface area contributed by atoms with E-state index in [-0.39, 0.29) is 17.9 Å². The molecule has 1 aromatic carbocycles. The number of rotatable bonds is 6. The van der Waals surface area contributed by atoms with Crippen molar-refractivity contribution < 1.29 is 23.6 Å². The van der Waals surface area contributed by atoms with Crippen molar-refractivity contribution in [1.82, 2.24) is 10.5 Å². The maximum atomic E-state index is 13.2. The Kier molecular flexibility index (Phi) is 4.39. The zero-order valence-corrected chi connectivity index (χ0v) is 16.8. The second-order valence-corrected chi connectivity index (χ2v) is 8.01. The van der Waals surface area contributed by atoms with Crippen molar-refractivity contribution in [1.29, 1.82) is 0 Å². The molecule has 3 aliphatic heterocycles. The van der Waals surface area contributed by atoms with Gasteiger partial charge in [0.1, 0.15) is 17.1 Å². The highest BCUT2D eigenvalue weighted by molar-refractivity contribution is 6.02. The summed E-state index contributed by atoms with van der Waals surface area (Å²) in [5.41, 5.74) is 0.327. The second-order valence-electron chi connectivity index (χ2n) is 8.01. The predicted octanol–water partition coefficient (Wildman–Crippen LogP) is 1.64. The van der Waals surface area contributed by atoms with Crippen LogP contribution in [0.15, 0.2) is 47.0 Å². The van der Waals surface area contributed by atoms with E-state index >= 15 is 0 Å². The predicted molar refractivity (Wildman–Crippen MR) is 107 cm³/mol. The lowest BCUT2D eigenvalue weighted by Gasteiger charge is -2.23. The molecule has 4 heterocycles. The number of benzene rings is 1. The van der Waals surface area contributed by atoms with Gasteiger partial charge in [0.25, 0.3) is 0 Å². The molecule has 4 atom stereocenters. The first-order chi connectivity index (χ1) is 14.5. The molecule has 0 unspecified atom stereocenters. The van der Waals surface area contributed by atoms with Crippen molar-refractivity contribution in [3.05, 3.63) is 53.8 Å². The van der Waals surface area contributed by atoms with Gasteiger partial charge in [0.05, 0.1) is 31.6 Å². The van der Waals surface area contributed by atoms with Crippen molar-refractivity contribution in [3.63, 3.8) is 0 Å². The summed E-state index contributed by atoms with van der Waals surface area (Å²) in [4.78, 5) is 27.8. The number of ether oxygens (including phenoxy) is 2. The van der Waals surface area contributed by atoms with Gasteiger partial charge in [-0.2, -0.15) is 0 Å². The van der Waals surface area contributed by atoms with E-state index in [1.807, 2.05) is 36.4 Å². The van der Waals surface area contributed by atoms with Gasteiger partial charge in [0, 0.05) is 12.6 Å². The fourth-order valence-electron chi connectivity index (χ4n) is 4.71. The Morgan fingerprint density at radius 2 is 2.17 bits per heavy atom. The largest absolute Gasteiger partial charge is 0.497 e. The molecule has 8 nitrogen and oxygen atoms in total. The molecule has 0 saturated carbocycles. The number of fused-ring (bicyclic) bond motifs is 1. The van der Waals surface area contributed by atoms with Gasteiger partial charge < -0.3 is 19.3 Å². The average Bonchev–Trinajstić information content (AvgIpc) is 3.49. The normalized spacial score (nSPS) is 28.8. The smallest absolute Gasteiger partial charge is 0.235 e. The molecule has 1 spiro atoms. The number of hydrogen-bond acceptors (Lipinski definition) is 6. The molecule has 5 rings (SSSR count). The van der Waals surface area contributed by atoms with E-state index in [1.54, 1.807) is 25.0 Å². The zero-order valence-electron chi connectivity index (χ0n) is 16.8. The van der Waals surface area contributed by atoms with E-state index in [0.717, 1.165) is 11.3 Å². The molecule has 156 valence electrons. The van der Waals surface area contributed by atoms with Gasteiger partial charge in [-0.15, -0.1) is 0 Å². The number of nitrogens with one attached hydrogen (secondary N) is 1. The van der Waals surface area contributed by atoms with Gasteiger partial charge in [-0.25, -0.2) is 0 Å². The third kappa shape index (κ3) is 2.90. The summed E-state index contributed by atoms with van der Waals surface area (Å²) in [5, 5.41) is 6.95. The van der Waals surface area contributed by atoms with Crippen LogP contribution in [0.3, 0.4) is 0 Å². The Bertz CT molecular complexity index is 1010. The Labute approximate surface area is 173 Å². The monoisotopic (exact) mass is 409 g/mol. The summed E-state index contributed by atoms with van der Waals surface area (Å²) in [5.74, 6) is 0.482. The van der Waals surface area contributed by atoms with Crippen molar-refractivity contribution in [2.24, 2.45) is 11.8 Å². The summed E-state index contributed by atoms with van der Waals surface area (Å²) in [6.07, 6.45) is 4.14. The van der Waals surface area contributed by atoms with Crippen LogP contribution < -0.4 is 15.0 Å². The van der Waals surface area contributed by atoms with E-state index in [0.29, 0.717) is 31.1 Å². The highest BCUT2D eigenvalue weighted by Gasteiger charge is 2.67. The van der Waals surface area contributed by atoms with Crippen molar-refractivity contribution in [3.8, 4) is 5.75 Å². The van der Waals surface area contributed by atoms with Crippen molar-refractivity contribution in [2.45, 2.75) is 25.0 Å². The lowest BCUT2D eigenvalue weighted by molar-refractivity contribution is -0.131. The summed E-state index contributed by atoms with van der Waals surface area (Å²) in [7, 11) is 1.63. The lowest BCUT2D eigenvalue weighted by Crippen LogP contribution is -2.44. The van der Waals surface area contributed by atoms with E-state index in [1.165, 1.54) is 0 Å². The molecular weight excluding hydrogens is 386 g/mol. The molecule has 0 radical (unpaired) electrons. The van der Waals surface area contributed by atoms with Gasteiger partial charge in [-0.3, -0.25) is 14.5 Å². The quantitative estimate of drug-likeness (QED) is 0.729. The van der Waals surface area contributed by atoms with Crippen LogP contribution in [0, 0.1) is 18.8 Å². The van der Waals surface area contributed by atoms with Crippen LogP contribution in [-0.4, -0.2) is 48.9 Å². The van der Waals surface area contributed by atoms with Crippen LogP contribution in [0.25, 0.3) is 0 Å². The Balaban J connectivity index is 1.27. The standard InChI is InChI=1S/C22H23N3O5/c1-13-11-17(24-30-13)25-12-22-9-7-16(29-22)18(19(22)21(25)27)20(26)23-10-8-14-3-5-15(28-2)6-4-14/h3-7,9,11,16,18-19H,8,10,12H2,1-2H3,(H,23,26)/t16-,18-,19-,22-/m0/s1. The number of carbonyl (C=O) groups is 2. The van der Waals surface area contributed by atoms with E-state index < -0.39 is 17.4 Å². The maximum absolute atomic E-state index is 13.2. The molecule has 0 aliphatic carbocycles. The van der Waals surface area contributed by atoms with Crippen molar-refractivity contribution >= 4 is 17.6 Å². The highest BCUT2D eigenvalue weighted by Crippen LogP contribution is 2.52. The third-order valence-electron chi connectivity index (χ3n) is 6.17. The maximum Gasteiger partial charge on any atom is 0.235 e. The minimum Gasteiger partial charge on any atom is -0.497 e. The van der Waals surface area contributed by atoms with Crippen LogP contribution in [-0.2, 0) is 20.7 Å². The molecule has 30 heavy (non-hydrogen) atoms. The molecular formula is C22H23N3O5. The Morgan fingerprint density at radius 3 is 2.87 bits per heavy atom. The van der Waals surface area contributed by atoms with Gasteiger partial charge in [0.15, 0.2) is 5.82 Å². The molecule has 2 fully saturated rings. The SMILES string of the molecule is COc1ccc(CCNC(=O)[C@H]2[C@@H]3C=C[C@@]4(CN(c5cc(C)on5)C(=O)[C@H]24)O3)cc1. The molecule has 1 aromatic heterocycles. The fourth-order valence-corrected chi connectivity index (χ4v) is 4.71. The molecule has 2 aromatic rings. The number of aromatic nitrogens is 1. The first-order valence-corrected chi connectivity index (χ1v) is 10.0. The Hall–Kier alpha value is -3.13. The second kappa shape index (κ2) is 6.98. The number of anilines is 1. The van der Waals surface area contributed by atoms with Gasteiger partial charge in [-0.1, -0.05) is 29.4 Å². The van der Waals surface area contributed by atoms with E-state index in [2.05, 4.69) is 10.5 Å². The number of methoxy groups -OCH3 is 1. The van der Waals surface area contributed by atoms with Crippen LogP contribution in [0.2, 0.25) is 0 Å². The highest BCUT2D eigenvalue weighted by atomic mass is 16.5. The molecule has 2 saturated heterocycles. The minimum absolute atomic E-state index is 0.148. The van der Waals surface area contributed by atoms with Gasteiger partial charge in [-0.05, 0) is 31.0 Å². The first kappa shape index (κ1) is 18.9. The summed E-state index contributed by atoms with van der Waals surface area (Å²) < 4.78 is 16.4. The topological polar surface area (TPSA) is 93.9 Å². The fraction of sp³-hybridized carbons (Fsp3) is 0.409. The average molecular weight is 409 g/mol. The van der Waals surface area contributed by atoms with Crippen LogP contribution in [0.1, 0.15) is 11.3 Å². The number of hydrogen-bond donors (Lipinski definition) is 1. The third-order valence-corrected chi connectivity index (χ3v) is 6.17.